The number of nitrogens with one attached hydrogen (secondary N) is 1. The summed E-state index contributed by atoms with van der Waals surface area (Å²) in [6.07, 6.45) is -1.33. The van der Waals surface area contributed by atoms with E-state index in [0.29, 0.717) is 0 Å². The lowest BCUT2D eigenvalue weighted by Gasteiger charge is -2.17. The highest BCUT2D eigenvalue weighted by Gasteiger charge is 2.35. The third-order valence-electron chi connectivity index (χ3n) is 4.77. The number of amides is 1. The van der Waals surface area contributed by atoms with E-state index in [9.17, 15) is 22.8 Å². The Labute approximate surface area is 159 Å². The predicted octanol–water partition coefficient (Wildman–Crippen LogP) is 3.89. The van der Waals surface area contributed by atoms with Gasteiger partial charge < -0.3 is 10.4 Å². The molecular formula is C19H20F3N3O3. The molecule has 1 heterocycles. The van der Waals surface area contributed by atoms with Gasteiger partial charge in [0, 0.05) is 12.1 Å². The molecule has 0 bridgehead atoms. The Morgan fingerprint density at radius 3 is 2.54 bits per heavy atom. The minimum absolute atomic E-state index is 0.0238. The molecule has 1 aromatic carbocycles. The quantitative estimate of drug-likeness (QED) is 0.777. The first-order chi connectivity index (χ1) is 13.3. The van der Waals surface area contributed by atoms with Gasteiger partial charge in [0.15, 0.2) is 5.69 Å². The van der Waals surface area contributed by atoms with Crippen LogP contribution < -0.4 is 5.32 Å². The molecule has 1 saturated carbocycles. The Bertz CT molecular complexity index is 871. The minimum Gasteiger partial charge on any atom is -0.481 e. The first-order valence-corrected chi connectivity index (χ1v) is 9.03. The van der Waals surface area contributed by atoms with Crippen molar-refractivity contribution >= 4 is 11.9 Å². The molecule has 0 radical (unpaired) electrons. The highest BCUT2D eigenvalue weighted by Crippen LogP contribution is 2.39. The van der Waals surface area contributed by atoms with Crippen LogP contribution in [0.2, 0.25) is 0 Å². The molecule has 28 heavy (non-hydrogen) atoms. The summed E-state index contributed by atoms with van der Waals surface area (Å²) >= 11 is 0. The van der Waals surface area contributed by atoms with Gasteiger partial charge in [0.25, 0.3) is 5.91 Å². The topological polar surface area (TPSA) is 84.2 Å². The largest absolute Gasteiger partial charge is 0.481 e. The van der Waals surface area contributed by atoms with E-state index in [2.05, 4.69) is 10.4 Å². The first-order valence-electron chi connectivity index (χ1n) is 9.03. The molecule has 9 heteroatoms. The zero-order valence-corrected chi connectivity index (χ0v) is 15.0. The standard InChI is InChI=1S/C19H20F3N3O3/c20-19(21,22)14-8-4-3-7-13(14)16-11-15(18(28)23-10-9-17(26)27)24-25(16)12-5-1-2-6-12/h3-4,7-8,11-12H,1-2,5-6,9-10H2,(H,23,28)(H,26,27). The van der Waals surface area contributed by atoms with E-state index in [0.717, 1.165) is 31.7 Å². The number of aromatic nitrogens is 2. The molecule has 1 aliphatic rings. The number of rotatable bonds is 6. The van der Waals surface area contributed by atoms with Gasteiger partial charge in [0.2, 0.25) is 0 Å². The van der Waals surface area contributed by atoms with E-state index in [1.54, 1.807) is 0 Å². The van der Waals surface area contributed by atoms with Crippen LogP contribution in [0.4, 0.5) is 13.2 Å². The van der Waals surface area contributed by atoms with E-state index < -0.39 is 23.6 Å². The van der Waals surface area contributed by atoms with E-state index >= 15 is 0 Å². The number of hydrogen-bond acceptors (Lipinski definition) is 3. The number of carboxylic acid groups (broad SMARTS) is 1. The molecule has 0 spiro atoms. The molecular weight excluding hydrogens is 375 g/mol. The molecule has 0 aliphatic heterocycles. The Balaban J connectivity index is 2.00. The SMILES string of the molecule is O=C(O)CCNC(=O)c1cc(-c2ccccc2C(F)(F)F)n(C2CCCC2)n1. The third kappa shape index (κ3) is 4.35. The number of hydrogen-bond donors (Lipinski definition) is 2. The smallest absolute Gasteiger partial charge is 0.417 e. The summed E-state index contributed by atoms with van der Waals surface area (Å²) < 4.78 is 42.0. The van der Waals surface area contributed by atoms with Crippen molar-refractivity contribution in [3.05, 3.63) is 41.6 Å². The lowest BCUT2D eigenvalue weighted by atomic mass is 10.0. The minimum atomic E-state index is -4.54. The van der Waals surface area contributed by atoms with Gasteiger partial charge in [0.1, 0.15) is 0 Å². The molecule has 150 valence electrons. The number of halogens is 3. The fourth-order valence-corrected chi connectivity index (χ4v) is 3.46. The van der Waals surface area contributed by atoms with E-state index in [1.165, 1.54) is 28.9 Å². The molecule has 1 aromatic heterocycles. The van der Waals surface area contributed by atoms with Crippen molar-refractivity contribution in [2.24, 2.45) is 0 Å². The van der Waals surface area contributed by atoms with Crippen molar-refractivity contribution < 1.29 is 27.9 Å². The van der Waals surface area contributed by atoms with E-state index in [1.807, 2.05) is 0 Å². The Morgan fingerprint density at radius 1 is 1.21 bits per heavy atom. The third-order valence-corrected chi connectivity index (χ3v) is 4.77. The second-order valence-corrected chi connectivity index (χ2v) is 6.74. The Kier molecular flexibility index (Phi) is 5.71. The van der Waals surface area contributed by atoms with Gasteiger partial charge in [-0.25, -0.2) is 0 Å². The molecule has 6 nitrogen and oxygen atoms in total. The van der Waals surface area contributed by atoms with Crippen LogP contribution in [0.1, 0.15) is 54.2 Å². The van der Waals surface area contributed by atoms with Gasteiger partial charge >= 0.3 is 12.1 Å². The van der Waals surface area contributed by atoms with Gasteiger partial charge in [-0.2, -0.15) is 18.3 Å². The van der Waals surface area contributed by atoms with Gasteiger partial charge in [0.05, 0.1) is 23.7 Å². The number of nitrogens with zero attached hydrogens (tertiary/aromatic N) is 2. The molecule has 1 aliphatic carbocycles. The second-order valence-electron chi connectivity index (χ2n) is 6.74. The normalized spacial score (nSPS) is 15.0. The molecule has 0 unspecified atom stereocenters. The zero-order valence-electron chi connectivity index (χ0n) is 15.0. The summed E-state index contributed by atoms with van der Waals surface area (Å²) in [4.78, 5) is 22.9. The highest BCUT2D eigenvalue weighted by molar-refractivity contribution is 5.93. The molecule has 1 fully saturated rings. The lowest BCUT2D eigenvalue weighted by molar-refractivity contribution is -0.137. The Hall–Kier alpha value is -2.84. The van der Waals surface area contributed by atoms with Gasteiger partial charge in [-0.3, -0.25) is 14.3 Å². The molecule has 2 N–H and O–H groups in total. The molecule has 2 aromatic rings. The maximum Gasteiger partial charge on any atom is 0.417 e. The van der Waals surface area contributed by atoms with Crippen molar-refractivity contribution in [3.8, 4) is 11.3 Å². The van der Waals surface area contributed by atoms with Crippen LogP contribution in [-0.4, -0.2) is 33.3 Å². The van der Waals surface area contributed by atoms with Crippen LogP contribution in [-0.2, 0) is 11.0 Å². The van der Waals surface area contributed by atoms with Crippen LogP contribution in [0.25, 0.3) is 11.3 Å². The summed E-state index contributed by atoms with van der Waals surface area (Å²) in [6, 6.07) is 6.49. The molecule has 0 atom stereocenters. The van der Waals surface area contributed by atoms with Gasteiger partial charge in [-0.05, 0) is 25.0 Å². The summed E-state index contributed by atoms with van der Waals surface area (Å²) in [5.74, 6) is -1.67. The average molecular weight is 395 g/mol. The molecule has 0 saturated heterocycles. The maximum atomic E-state index is 13.5. The summed E-state index contributed by atoms with van der Waals surface area (Å²) in [6.45, 7) is -0.0844. The number of carboxylic acids is 1. The monoisotopic (exact) mass is 395 g/mol. The van der Waals surface area contributed by atoms with Crippen molar-refractivity contribution in [1.29, 1.82) is 0 Å². The van der Waals surface area contributed by atoms with Gasteiger partial charge in [-0.15, -0.1) is 0 Å². The van der Waals surface area contributed by atoms with Crippen molar-refractivity contribution in [1.82, 2.24) is 15.1 Å². The summed E-state index contributed by atoms with van der Waals surface area (Å²) in [7, 11) is 0. The highest BCUT2D eigenvalue weighted by atomic mass is 19.4. The van der Waals surface area contributed by atoms with Crippen LogP contribution in [0.5, 0.6) is 0 Å². The number of carbonyl (C=O) groups is 2. The number of benzene rings is 1. The zero-order chi connectivity index (χ0) is 20.3. The number of carbonyl (C=O) groups excluding carboxylic acids is 1. The van der Waals surface area contributed by atoms with Gasteiger partial charge in [-0.1, -0.05) is 31.0 Å². The van der Waals surface area contributed by atoms with Crippen LogP contribution in [0.3, 0.4) is 0 Å². The maximum absolute atomic E-state index is 13.5. The fraction of sp³-hybridized carbons (Fsp3) is 0.421. The predicted molar refractivity (Wildman–Crippen MR) is 94.8 cm³/mol. The van der Waals surface area contributed by atoms with Crippen molar-refractivity contribution in [2.45, 2.75) is 44.3 Å². The van der Waals surface area contributed by atoms with Crippen molar-refractivity contribution in [3.63, 3.8) is 0 Å². The fourth-order valence-electron chi connectivity index (χ4n) is 3.46. The number of aliphatic carboxylic acids is 1. The van der Waals surface area contributed by atoms with E-state index in [4.69, 9.17) is 5.11 Å². The second kappa shape index (κ2) is 8.04. The molecule has 1 amide bonds. The van der Waals surface area contributed by atoms with Crippen molar-refractivity contribution in [2.75, 3.05) is 6.54 Å². The first kappa shape index (κ1) is 19.9. The summed E-state index contributed by atoms with van der Waals surface area (Å²) in [5, 5.41) is 15.4. The summed E-state index contributed by atoms with van der Waals surface area (Å²) in [5.41, 5.74) is -0.599. The van der Waals surface area contributed by atoms with Crippen LogP contribution >= 0.6 is 0 Å². The van der Waals surface area contributed by atoms with Crippen LogP contribution in [0, 0.1) is 0 Å². The van der Waals surface area contributed by atoms with Crippen LogP contribution in [0.15, 0.2) is 30.3 Å². The van der Waals surface area contributed by atoms with E-state index in [-0.39, 0.29) is 36.0 Å². The lowest BCUT2D eigenvalue weighted by Crippen LogP contribution is -2.26. The number of alkyl halides is 3. The Morgan fingerprint density at radius 2 is 1.89 bits per heavy atom. The average Bonchev–Trinajstić information content (AvgIpc) is 3.30. The molecule has 3 rings (SSSR count).